The first-order valence-corrected chi connectivity index (χ1v) is 13.9. The van der Waals surface area contributed by atoms with E-state index < -0.39 is 18.0 Å². The summed E-state index contributed by atoms with van der Waals surface area (Å²) in [6.45, 7) is 8.04. The van der Waals surface area contributed by atoms with Crippen molar-refractivity contribution in [3.05, 3.63) is 107 Å². The summed E-state index contributed by atoms with van der Waals surface area (Å²) in [5.74, 6) is -0.743. The maximum Gasteiger partial charge on any atom is 0.260 e. The van der Waals surface area contributed by atoms with Crippen LogP contribution < -0.4 is 10.9 Å². The Morgan fingerprint density at radius 1 is 0.878 bits per heavy atom. The van der Waals surface area contributed by atoms with E-state index in [2.05, 4.69) is 35.7 Å². The van der Waals surface area contributed by atoms with Crippen LogP contribution in [0.4, 0.5) is 0 Å². The number of para-hydroxylation sites is 2. The highest BCUT2D eigenvalue weighted by atomic mass is 16.2. The fourth-order valence-corrected chi connectivity index (χ4v) is 6.31. The highest BCUT2D eigenvalue weighted by Crippen LogP contribution is 2.42. The average molecular weight is 548 g/mol. The summed E-state index contributed by atoms with van der Waals surface area (Å²) in [6, 6.07) is 22.1. The van der Waals surface area contributed by atoms with Crippen molar-refractivity contribution >= 4 is 39.5 Å². The number of nitrogens with zero attached hydrogens (tertiary/aromatic N) is 2. The van der Waals surface area contributed by atoms with Crippen molar-refractivity contribution in [2.24, 2.45) is 0 Å². The van der Waals surface area contributed by atoms with Gasteiger partial charge < -0.3 is 14.5 Å². The van der Waals surface area contributed by atoms with Crippen LogP contribution in [0.25, 0.3) is 21.8 Å². The molecule has 1 aliphatic rings. The molecule has 0 radical (unpaired) electrons. The van der Waals surface area contributed by atoms with E-state index in [1.54, 1.807) is 17.9 Å². The Morgan fingerprint density at radius 2 is 1.56 bits per heavy atom. The largest absolute Gasteiger partial charge is 0.361 e. The number of aromatic nitrogens is 2. The third kappa shape index (κ3) is 4.36. The van der Waals surface area contributed by atoms with Gasteiger partial charge in [-0.1, -0.05) is 68.4 Å². The zero-order chi connectivity index (χ0) is 28.8. The third-order valence-electron chi connectivity index (χ3n) is 8.19. The molecular formula is C33H33N5O3. The smallest absolute Gasteiger partial charge is 0.260 e. The first-order chi connectivity index (χ1) is 19.8. The van der Waals surface area contributed by atoms with Crippen LogP contribution >= 0.6 is 0 Å². The molecule has 2 unspecified atom stereocenters. The Morgan fingerprint density at radius 3 is 2.34 bits per heavy atom. The minimum Gasteiger partial charge on any atom is -0.361 e. The van der Waals surface area contributed by atoms with E-state index in [1.165, 1.54) is 5.56 Å². The van der Waals surface area contributed by atoms with Crippen molar-refractivity contribution in [1.29, 1.82) is 0 Å². The molecule has 0 spiro atoms. The first-order valence-electron chi connectivity index (χ1n) is 13.9. The molecule has 8 heteroatoms. The standard InChI is InChI=1S/C33H33N5O3/c1-19(2)30-20(3)37(28-16-10-8-14-25(28)30)18-29(39)35-36-32(40)21(4)38-31(23-12-5-6-13-24(23)33(38)41)26-17-34-27-15-9-7-11-22(26)27/h5-17,19,21,31,34H,18H2,1-4H3,(H,35,39)(H,36,40). The van der Waals surface area contributed by atoms with E-state index in [0.29, 0.717) is 11.5 Å². The number of hydrogen-bond acceptors (Lipinski definition) is 3. The van der Waals surface area contributed by atoms with E-state index >= 15 is 0 Å². The van der Waals surface area contributed by atoms with Gasteiger partial charge in [-0.05, 0) is 49.1 Å². The maximum absolute atomic E-state index is 13.6. The van der Waals surface area contributed by atoms with Crippen LogP contribution in [0.1, 0.15) is 65.5 Å². The molecule has 6 rings (SSSR count). The minimum atomic E-state index is -0.851. The average Bonchev–Trinajstić information content (AvgIpc) is 3.61. The van der Waals surface area contributed by atoms with Crippen molar-refractivity contribution in [1.82, 2.24) is 25.3 Å². The number of rotatable bonds is 6. The Kier molecular flexibility index (Phi) is 6.61. The molecule has 0 bridgehead atoms. The Labute approximate surface area is 238 Å². The molecule has 0 aliphatic carbocycles. The fraction of sp³-hybridized carbons (Fsp3) is 0.242. The zero-order valence-electron chi connectivity index (χ0n) is 23.6. The van der Waals surface area contributed by atoms with E-state index in [0.717, 1.165) is 38.6 Å². The highest BCUT2D eigenvalue weighted by Gasteiger charge is 2.43. The molecule has 5 aromatic rings. The van der Waals surface area contributed by atoms with Gasteiger partial charge in [0.05, 0.1) is 6.04 Å². The van der Waals surface area contributed by atoms with Crippen molar-refractivity contribution in [3.63, 3.8) is 0 Å². The number of fused-ring (bicyclic) bond motifs is 3. The molecular weight excluding hydrogens is 514 g/mol. The van der Waals surface area contributed by atoms with Crippen LogP contribution in [0.15, 0.2) is 79.0 Å². The summed E-state index contributed by atoms with van der Waals surface area (Å²) in [7, 11) is 0. The molecule has 3 heterocycles. The predicted molar refractivity (Wildman–Crippen MR) is 159 cm³/mol. The van der Waals surface area contributed by atoms with Gasteiger partial charge in [0.2, 0.25) is 0 Å². The number of H-pyrrole nitrogens is 1. The lowest BCUT2D eigenvalue weighted by Crippen LogP contribution is -2.52. The topological polar surface area (TPSA) is 99.2 Å². The number of hydrazine groups is 1. The number of nitrogens with one attached hydrogen (secondary N) is 3. The normalized spacial score (nSPS) is 15.5. The van der Waals surface area contributed by atoms with Crippen molar-refractivity contribution < 1.29 is 14.4 Å². The lowest BCUT2D eigenvalue weighted by Gasteiger charge is -2.30. The second-order valence-electron chi connectivity index (χ2n) is 11.0. The molecule has 3 aromatic carbocycles. The molecule has 3 N–H and O–H groups in total. The van der Waals surface area contributed by atoms with Crippen LogP contribution in [-0.4, -0.2) is 38.2 Å². The Balaban J connectivity index is 1.22. The maximum atomic E-state index is 13.6. The summed E-state index contributed by atoms with van der Waals surface area (Å²) < 4.78 is 1.98. The number of amides is 3. The van der Waals surface area contributed by atoms with Crippen molar-refractivity contribution in [2.75, 3.05) is 0 Å². The minimum absolute atomic E-state index is 0.0553. The summed E-state index contributed by atoms with van der Waals surface area (Å²) in [6.07, 6.45) is 1.90. The van der Waals surface area contributed by atoms with E-state index in [1.807, 2.05) is 78.4 Å². The van der Waals surface area contributed by atoms with Gasteiger partial charge in [-0.15, -0.1) is 0 Å². The highest BCUT2D eigenvalue weighted by molar-refractivity contribution is 6.03. The summed E-state index contributed by atoms with van der Waals surface area (Å²) in [5.41, 5.74) is 11.7. The van der Waals surface area contributed by atoms with Crippen LogP contribution in [0.5, 0.6) is 0 Å². The monoisotopic (exact) mass is 547 g/mol. The molecule has 1 aliphatic heterocycles. The van der Waals surface area contributed by atoms with Gasteiger partial charge in [0.15, 0.2) is 0 Å². The molecule has 2 aromatic heterocycles. The van der Waals surface area contributed by atoms with E-state index in [-0.39, 0.29) is 18.4 Å². The Bertz CT molecular complexity index is 1810. The number of aromatic amines is 1. The molecule has 3 amide bonds. The van der Waals surface area contributed by atoms with Gasteiger partial charge in [0, 0.05) is 44.8 Å². The SMILES string of the molecule is Cc1c(C(C)C)c2ccccc2n1CC(=O)NNC(=O)C(C)N1C(=O)c2ccccc2C1c1c[nH]c2ccccc12. The summed E-state index contributed by atoms with van der Waals surface area (Å²) in [5, 5.41) is 2.11. The quantitative estimate of drug-likeness (QED) is 0.250. The van der Waals surface area contributed by atoms with Crippen molar-refractivity contribution in [3.8, 4) is 0 Å². The summed E-state index contributed by atoms with van der Waals surface area (Å²) >= 11 is 0. The molecule has 2 atom stereocenters. The van der Waals surface area contributed by atoms with Crippen LogP contribution in [-0.2, 0) is 16.1 Å². The van der Waals surface area contributed by atoms with Gasteiger partial charge >= 0.3 is 0 Å². The number of carbonyl (C=O) groups excluding carboxylic acids is 3. The molecule has 0 saturated heterocycles. The Hall–Kier alpha value is -4.85. The lowest BCUT2D eigenvalue weighted by atomic mass is 9.97. The van der Waals surface area contributed by atoms with Gasteiger partial charge in [-0.25, -0.2) is 0 Å². The summed E-state index contributed by atoms with van der Waals surface area (Å²) in [4.78, 5) is 45.0. The molecule has 41 heavy (non-hydrogen) atoms. The van der Waals surface area contributed by atoms with Crippen molar-refractivity contribution in [2.45, 2.75) is 52.2 Å². The molecule has 8 nitrogen and oxygen atoms in total. The number of benzene rings is 3. The second-order valence-corrected chi connectivity index (χ2v) is 11.0. The van der Waals surface area contributed by atoms with Crippen LogP contribution in [0.2, 0.25) is 0 Å². The van der Waals surface area contributed by atoms with Gasteiger partial charge in [0.25, 0.3) is 17.7 Å². The first kappa shape index (κ1) is 26.4. The number of carbonyl (C=O) groups is 3. The van der Waals surface area contributed by atoms with E-state index in [4.69, 9.17) is 0 Å². The van der Waals surface area contributed by atoms with Gasteiger partial charge in [-0.3, -0.25) is 25.2 Å². The van der Waals surface area contributed by atoms with E-state index in [9.17, 15) is 14.4 Å². The van der Waals surface area contributed by atoms with Gasteiger partial charge in [-0.2, -0.15) is 0 Å². The lowest BCUT2D eigenvalue weighted by molar-refractivity contribution is -0.131. The van der Waals surface area contributed by atoms with Crippen LogP contribution in [0.3, 0.4) is 0 Å². The zero-order valence-corrected chi connectivity index (χ0v) is 23.6. The predicted octanol–water partition coefficient (Wildman–Crippen LogP) is 5.34. The van der Waals surface area contributed by atoms with Crippen LogP contribution in [0, 0.1) is 6.92 Å². The number of hydrogen-bond donors (Lipinski definition) is 3. The molecule has 0 fully saturated rings. The third-order valence-corrected chi connectivity index (χ3v) is 8.19. The fourth-order valence-electron chi connectivity index (χ4n) is 6.31. The molecule has 0 saturated carbocycles. The van der Waals surface area contributed by atoms with Gasteiger partial charge in [0.1, 0.15) is 12.6 Å². The molecule has 208 valence electrons. The second kappa shape index (κ2) is 10.3.